The Morgan fingerprint density at radius 1 is 1.16 bits per heavy atom. The van der Waals surface area contributed by atoms with Crippen LogP contribution in [0.25, 0.3) is 5.69 Å². The fourth-order valence-corrected chi connectivity index (χ4v) is 2.55. The van der Waals surface area contributed by atoms with Crippen molar-refractivity contribution in [1.29, 1.82) is 0 Å². The third kappa shape index (κ3) is 4.26. The molecule has 0 radical (unpaired) electrons. The van der Waals surface area contributed by atoms with E-state index in [0.717, 1.165) is 17.0 Å². The van der Waals surface area contributed by atoms with Crippen molar-refractivity contribution in [3.05, 3.63) is 77.6 Å². The van der Waals surface area contributed by atoms with Crippen molar-refractivity contribution >= 4 is 5.91 Å². The molecule has 1 N–H and O–H groups in total. The van der Waals surface area contributed by atoms with Crippen molar-refractivity contribution in [1.82, 2.24) is 15.1 Å². The molecular formula is C20H21N3O2. The number of para-hydroxylation sites is 1. The van der Waals surface area contributed by atoms with Crippen LogP contribution in [0.5, 0.6) is 5.75 Å². The van der Waals surface area contributed by atoms with Crippen molar-refractivity contribution < 1.29 is 9.53 Å². The first-order valence-electron chi connectivity index (χ1n) is 8.22. The molecule has 0 fully saturated rings. The molecule has 3 aromatic rings. The van der Waals surface area contributed by atoms with Crippen molar-refractivity contribution in [3.8, 4) is 11.4 Å². The zero-order valence-corrected chi connectivity index (χ0v) is 14.4. The van der Waals surface area contributed by atoms with Crippen LogP contribution in [0, 0.1) is 13.8 Å². The maximum atomic E-state index is 12.2. The van der Waals surface area contributed by atoms with Gasteiger partial charge in [-0.25, -0.2) is 4.68 Å². The molecule has 2 aromatic carbocycles. The van der Waals surface area contributed by atoms with E-state index in [1.54, 1.807) is 17.1 Å². The van der Waals surface area contributed by atoms with Crippen LogP contribution < -0.4 is 10.1 Å². The molecule has 1 amide bonds. The average Bonchev–Trinajstić information content (AvgIpc) is 3.11. The molecule has 5 heteroatoms. The number of amides is 1. The first kappa shape index (κ1) is 16.8. The van der Waals surface area contributed by atoms with Crippen molar-refractivity contribution in [2.24, 2.45) is 0 Å². The van der Waals surface area contributed by atoms with Crippen LogP contribution >= 0.6 is 0 Å². The zero-order valence-electron chi connectivity index (χ0n) is 14.4. The second-order valence-electron chi connectivity index (χ2n) is 5.88. The Morgan fingerprint density at radius 3 is 2.72 bits per heavy atom. The summed E-state index contributed by atoms with van der Waals surface area (Å²) in [7, 11) is 0. The minimum absolute atomic E-state index is 0.161. The number of ether oxygens (including phenoxy) is 1. The summed E-state index contributed by atoms with van der Waals surface area (Å²) in [6.07, 6.45) is 3.28. The largest absolute Gasteiger partial charge is 0.491 e. The standard InChI is InChI=1S/C20H21N3O2/c1-15-8-9-19(16(2)12-15)25-11-10-21-20(24)17-13-22-23(14-17)18-6-4-3-5-7-18/h3-9,12-14H,10-11H2,1-2H3,(H,21,24). The molecule has 5 nitrogen and oxygen atoms in total. The highest BCUT2D eigenvalue weighted by Gasteiger charge is 2.09. The number of aromatic nitrogens is 2. The third-order valence-electron chi connectivity index (χ3n) is 3.84. The molecule has 3 rings (SSSR count). The lowest BCUT2D eigenvalue weighted by atomic mass is 10.1. The van der Waals surface area contributed by atoms with Crippen LogP contribution in [-0.4, -0.2) is 28.8 Å². The van der Waals surface area contributed by atoms with Crippen LogP contribution in [0.3, 0.4) is 0 Å². The Labute approximate surface area is 147 Å². The number of nitrogens with one attached hydrogen (secondary N) is 1. The second kappa shape index (κ2) is 7.66. The number of carbonyl (C=O) groups is 1. The molecule has 0 unspecified atom stereocenters. The van der Waals surface area contributed by atoms with Gasteiger partial charge in [-0.2, -0.15) is 5.10 Å². The molecule has 0 aliphatic rings. The van der Waals surface area contributed by atoms with Gasteiger partial charge in [0.1, 0.15) is 12.4 Å². The lowest BCUT2D eigenvalue weighted by molar-refractivity contribution is 0.0947. The molecule has 1 heterocycles. The summed E-state index contributed by atoms with van der Waals surface area (Å²) in [5.74, 6) is 0.683. The van der Waals surface area contributed by atoms with Crippen LogP contribution in [-0.2, 0) is 0 Å². The van der Waals surface area contributed by atoms with Gasteiger partial charge < -0.3 is 10.1 Å². The SMILES string of the molecule is Cc1ccc(OCCNC(=O)c2cnn(-c3ccccc3)c2)c(C)c1. The Morgan fingerprint density at radius 2 is 1.96 bits per heavy atom. The van der Waals surface area contributed by atoms with Crippen LogP contribution in [0.1, 0.15) is 21.5 Å². The highest BCUT2D eigenvalue weighted by molar-refractivity contribution is 5.93. The summed E-state index contributed by atoms with van der Waals surface area (Å²) in [6, 6.07) is 15.7. The van der Waals surface area contributed by atoms with E-state index in [2.05, 4.69) is 16.5 Å². The van der Waals surface area contributed by atoms with Gasteiger partial charge in [0, 0.05) is 6.20 Å². The van der Waals surface area contributed by atoms with Gasteiger partial charge >= 0.3 is 0 Å². The maximum absolute atomic E-state index is 12.2. The fraction of sp³-hybridized carbons (Fsp3) is 0.200. The van der Waals surface area contributed by atoms with Crippen LogP contribution in [0.4, 0.5) is 0 Å². The van der Waals surface area contributed by atoms with Gasteiger partial charge in [-0.1, -0.05) is 35.9 Å². The summed E-state index contributed by atoms with van der Waals surface area (Å²) >= 11 is 0. The maximum Gasteiger partial charge on any atom is 0.254 e. The van der Waals surface area contributed by atoms with E-state index >= 15 is 0 Å². The second-order valence-corrected chi connectivity index (χ2v) is 5.88. The smallest absolute Gasteiger partial charge is 0.254 e. The molecule has 0 aliphatic carbocycles. The van der Waals surface area contributed by atoms with Gasteiger partial charge in [0.05, 0.1) is 24.0 Å². The molecule has 0 saturated carbocycles. The number of aryl methyl sites for hydroxylation is 2. The van der Waals surface area contributed by atoms with Gasteiger partial charge in [0.25, 0.3) is 5.91 Å². The van der Waals surface area contributed by atoms with E-state index in [-0.39, 0.29) is 5.91 Å². The topological polar surface area (TPSA) is 56.1 Å². The van der Waals surface area contributed by atoms with E-state index in [9.17, 15) is 4.79 Å². The monoisotopic (exact) mass is 335 g/mol. The average molecular weight is 335 g/mol. The molecule has 1 aromatic heterocycles. The highest BCUT2D eigenvalue weighted by atomic mass is 16.5. The Kier molecular flexibility index (Phi) is 5.14. The Hall–Kier alpha value is -3.08. The minimum Gasteiger partial charge on any atom is -0.491 e. The Bertz CT molecular complexity index is 856. The molecule has 0 bridgehead atoms. The molecule has 0 saturated heterocycles. The number of hydrogen-bond acceptors (Lipinski definition) is 3. The normalized spacial score (nSPS) is 10.5. The molecule has 0 atom stereocenters. The van der Waals surface area contributed by atoms with Crippen molar-refractivity contribution in [2.75, 3.05) is 13.2 Å². The van der Waals surface area contributed by atoms with E-state index in [4.69, 9.17) is 4.74 Å². The van der Waals surface area contributed by atoms with Crippen LogP contribution in [0.2, 0.25) is 0 Å². The predicted molar refractivity (Wildman–Crippen MR) is 97.3 cm³/mol. The van der Waals surface area contributed by atoms with Crippen molar-refractivity contribution in [2.45, 2.75) is 13.8 Å². The molecule has 128 valence electrons. The number of hydrogen-bond donors (Lipinski definition) is 1. The number of nitrogens with zero attached hydrogens (tertiary/aromatic N) is 2. The number of carbonyl (C=O) groups excluding carboxylic acids is 1. The third-order valence-corrected chi connectivity index (χ3v) is 3.84. The highest BCUT2D eigenvalue weighted by Crippen LogP contribution is 2.18. The van der Waals surface area contributed by atoms with Gasteiger partial charge in [0.15, 0.2) is 0 Å². The van der Waals surface area contributed by atoms with E-state index in [0.29, 0.717) is 18.7 Å². The van der Waals surface area contributed by atoms with Gasteiger partial charge in [-0.05, 0) is 37.6 Å². The zero-order chi connectivity index (χ0) is 17.6. The van der Waals surface area contributed by atoms with E-state index in [1.807, 2.05) is 56.3 Å². The number of benzene rings is 2. The summed E-state index contributed by atoms with van der Waals surface area (Å²) in [5, 5.41) is 7.08. The Balaban J connectivity index is 1.50. The molecule has 0 spiro atoms. The lowest BCUT2D eigenvalue weighted by Crippen LogP contribution is -2.27. The number of rotatable bonds is 6. The minimum atomic E-state index is -0.161. The predicted octanol–water partition coefficient (Wildman–Crippen LogP) is 3.30. The molecule has 0 aliphatic heterocycles. The van der Waals surface area contributed by atoms with E-state index in [1.165, 1.54) is 5.56 Å². The van der Waals surface area contributed by atoms with Gasteiger partial charge in [-0.15, -0.1) is 0 Å². The summed E-state index contributed by atoms with van der Waals surface area (Å²) in [5.41, 5.74) is 3.74. The summed E-state index contributed by atoms with van der Waals surface area (Å²) in [6.45, 7) is 4.91. The summed E-state index contributed by atoms with van der Waals surface area (Å²) in [4.78, 5) is 12.2. The quantitative estimate of drug-likeness (QED) is 0.703. The summed E-state index contributed by atoms with van der Waals surface area (Å²) < 4.78 is 7.40. The first-order chi connectivity index (χ1) is 12.1. The molecular weight excluding hydrogens is 314 g/mol. The van der Waals surface area contributed by atoms with Gasteiger partial charge in [0.2, 0.25) is 0 Å². The van der Waals surface area contributed by atoms with Gasteiger partial charge in [-0.3, -0.25) is 4.79 Å². The first-order valence-corrected chi connectivity index (χ1v) is 8.22. The van der Waals surface area contributed by atoms with Crippen molar-refractivity contribution in [3.63, 3.8) is 0 Å². The van der Waals surface area contributed by atoms with Crippen LogP contribution in [0.15, 0.2) is 60.9 Å². The molecule has 25 heavy (non-hydrogen) atoms. The fourth-order valence-electron chi connectivity index (χ4n) is 2.55. The van der Waals surface area contributed by atoms with E-state index < -0.39 is 0 Å². The lowest BCUT2D eigenvalue weighted by Gasteiger charge is -2.10.